The van der Waals surface area contributed by atoms with Gasteiger partial charge in [-0.1, -0.05) is 0 Å². The molecule has 1 aliphatic heterocycles. The lowest BCUT2D eigenvalue weighted by molar-refractivity contribution is 0.0126. The van der Waals surface area contributed by atoms with Gasteiger partial charge in [0.05, 0.1) is 0 Å². The van der Waals surface area contributed by atoms with Crippen molar-refractivity contribution in [3.8, 4) is 0 Å². The fourth-order valence-electron chi connectivity index (χ4n) is 2.09. The van der Waals surface area contributed by atoms with E-state index < -0.39 is 5.60 Å². The van der Waals surface area contributed by atoms with E-state index in [0.717, 1.165) is 38.2 Å². The minimum atomic E-state index is -0.734. The normalized spacial score (nSPS) is 25.1. The summed E-state index contributed by atoms with van der Waals surface area (Å²) >= 11 is 0. The molecule has 0 aromatic carbocycles. The van der Waals surface area contributed by atoms with Gasteiger partial charge in [-0.2, -0.15) is 0 Å². The number of hydrogen-bond acceptors (Lipinski definition) is 3. The Bertz CT molecular complexity index is 309. The van der Waals surface area contributed by atoms with Gasteiger partial charge in [0.25, 0.3) is 0 Å². The Kier molecular flexibility index (Phi) is 6.33. The van der Waals surface area contributed by atoms with Gasteiger partial charge < -0.3 is 15.0 Å². The Balaban J connectivity index is 0.00000112. The molecule has 2 rings (SSSR count). The zero-order valence-electron chi connectivity index (χ0n) is 9.35. The monoisotopic (exact) mass is 267 g/mol. The van der Waals surface area contributed by atoms with Gasteiger partial charge in [-0.3, -0.25) is 0 Å². The standard InChI is InChI=1S/C10H17N3O.2ClH/c1-13-8-7-12-9(13)10(14)3-2-5-11-6-4-10;;/h7-8,11,14H,2-6H2,1H3;2*1H. The van der Waals surface area contributed by atoms with Gasteiger partial charge in [0, 0.05) is 19.4 Å². The Morgan fingerprint density at radius 1 is 1.38 bits per heavy atom. The SMILES string of the molecule is Cl.Cl.Cn1ccnc1C1(O)CCCNCC1. The highest BCUT2D eigenvalue weighted by molar-refractivity contribution is 5.85. The summed E-state index contributed by atoms with van der Waals surface area (Å²) in [6.45, 7) is 1.86. The number of rotatable bonds is 1. The summed E-state index contributed by atoms with van der Waals surface area (Å²) in [6, 6.07) is 0. The van der Waals surface area contributed by atoms with E-state index in [1.54, 1.807) is 6.20 Å². The second-order valence-electron chi connectivity index (χ2n) is 4.00. The Morgan fingerprint density at radius 3 is 2.75 bits per heavy atom. The maximum Gasteiger partial charge on any atom is 0.140 e. The molecule has 1 atom stereocenters. The first-order valence-corrected chi connectivity index (χ1v) is 5.13. The summed E-state index contributed by atoms with van der Waals surface area (Å²) < 4.78 is 1.91. The Morgan fingerprint density at radius 2 is 2.12 bits per heavy atom. The lowest BCUT2D eigenvalue weighted by atomic mass is 9.94. The molecule has 6 heteroatoms. The van der Waals surface area contributed by atoms with Crippen LogP contribution in [0.3, 0.4) is 0 Å². The summed E-state index contributed by atoms with van der Waals surface area (Å²) in [5.74, 6) is 0.793. The van der Waals surface area contributed by atoms with Gasteiger partial charge in [0.2, 0.25) is 0 Å². The first-order valence-electron chi connectivity index (χ1n) is 5.13. The molecule has 1 aromatic rings. The zero-order valence-corrected chi connectivity index (χ0v) is 11.0. The summed E-state index contributed by atoms with van der Waals surface area (Å²) in [5, 5.41) is 13.8. The van der Waals surface area contributed by atoms with Crippen molar-refractivity contribution < 1.29 is 5.11 Å². The molecule has 1 fully saturated rings. The van der Waals surface area contributed by atoms with Gasteiger partial charge in [-0.25, -0.2) is 4.98 Å². The maximum absolute atomic E-state index is 10.5. The lowest BCUT2D eigenvalue weighted by Gasteiger charge is -2.25. The van der Waals surface area contributed by atoms with Gasteiger partial charge in [-0.15, -0.1) is 24.8 Å². The summed E-state index contributed by atoms with van der Waals surface area (Å²) in [7, 11) is 1.93. The number of nitrogens with one attached hydrogen (secondary N) is 1. The molecule has 94 valence electrons. The van der Waals surface area contributed by atoms with Crippen LogP contribution in [0.25, 0.3) is 0 Å². The topological polar surface area (TPSA) is 50.1 Å². The molecule has 2 N–H and O–H groups in total. The van der Waals surface area contributed by atoms with E-state index in [4.69, 9.17) is 0 Å². The largest absolute Gasteiger partial charge is 0.382 e. The molecule has 1 unspecified atom stereocenters. The Hall–Kier alpha value is -0.290. The molecule has 0 aliphatic carbocycles. The molecule has 0 amide bonds. The number of aromatic nitrogens is 2. The average molecular weight is 268 g/mol. The molecular weight excluding hydrogens is 249 g/mol. The quantitative estimate of drug-likeness (QED) is 0.805. The average Bonchev–Trinajstić information content (AvgIpc) is 2.46. The van der Waals surface area contributed by atoms with Crippen molar-refractivity contribution in [2.75, 3.05) is 13.1 Å². The fraction of sp³-hybridized carbons (Fsp3) is 0.700. The smallest absolute Gasteiger partial charge is 0.140 e. The number of imidazole rings is 1. The molecule has 0 bridgehead atoms. The van der Waals surface area contributed by atoms with Crippen LogP contribution in [0.2, 0.25) is 0 Å². The van der Waals surface area contributed by atoms with E-state index in [9.17, 15) is 5.11 Å². The van der Waals surface area contributed by atoms with E-state index >= 15 is 0 Å². The van der Waals surface area contributed by atoms with Crippen LogP contribution >= 0.6 is 24.8 Å². The van der Waals surface area contributed by atoms with Crippen LogP contribution in [0, 0.1) is 0 Å². The van der Waals surface area contributed by atoms with Crippen molar-refractivity contribution in [2.24, 2.45) is 7.05 Å². The van der Waals surface area contributed by atoms with Crippen LogP contribution in [0.15, 0.2) is 12.4 Å². The van der Waals surface area contributed by atoms with Gasteiger partial charge >= 0.3 is 0 Å². The predicted octanol–water partition coefficient (Wildman–Crippen LogP) is 1.22. The first-order chi connectivity index (χ1) is 6.72. The molecule has 16 heavy (non-hydrogen) atoms. The summed E-state index contributed by atoms with van der Waals surface area (Å²) in [4.78, 5) is 4.24. The summed E-state index contributed by atoms with van der Waals surface area (Å²) in [6.07, 6.45) is 6.17. The highest BCUT2D eigenvalue weighted by Crippen LogP contribution is 2.29. The fourth-order valence-corrected chi connectivity index (χ4v) is 2.09. The van der Waals surface area contributed by atoms with E-state index in [2.05, 4.69) is 10.3 Å². The second-order valence-corrected chi connectivity index (χ2v) is 4.00. The lowest BCUT2D eigenvalue weighted by Crippen LogP contribution is -2.30. The van der Waals surface area contributed by atoms with E-state index in [-0.39, 0.29) is 24.8 Å². The first kappa shape index (κ1) is 15.7. The Labute approximate surface area is 108 Å². The van der Waals surface area contributed by atoms with Crippen molar-refractivity contribution in [1.82, 2.24) is 14.9 Å². The molecule has 1 aliphatic rings. The van der Waals surface area contributed by atoms with Crippen molar-refractivity contribution in [3.63, 3.8) is 0 Å². The van der Waals surface area contributed by atoms with Crippen LogP contribution in [0.1, 0.15) is 25.1 Å². The molecule has 0 spiro atoms. The van der Waals surface area contributed by atoms with Crippen LogP contribution in [-0.2, 0) is 12.6 Å². The third kappa shape index (κ3) is 3.10. The number of hydrogen-bond donors (Lipinski definition) is 2. The third-order valence-electron chi connectivity index (χ3n) is 2.90. The van der Waals surface area contributed by atoms with Crippen LogP contribution in [0.5, 0.6) is 0 Å². The number of halogens is 2. The maximum atomic E-state index is 10.5. The van der Waals surface area contributed by atoms with E-state index in [1.807, 2.05) is 17.8 Å². The van der Waals surface area contributed by atoms with Gasteiger partial charge in [0.15, 0.2) is 0 Å². The minimum Gasteiger partial charge on any atom is -0.382 e. The van der Waals surface area contributed by atoms with Crippen LogP contribution in [-0.4, -0.2) is 27.7 Å². The van der Waals surface area contributed by atoms with Crippen molar-refractivity contribution in [1.29, 1.82) is 0 Å². The van der Waals surface area contributed by atoms with Crippen molar-refractivity contribution >= 4 is 24.8 Å². The van der Waals surface area contributed by atoms with Gasteiger partial charge in [-0.05, 0) is 32.4 Å². The summed E-state index contributed by atoms with van der Waals surface area (Å²) in [5.41, 5.74) is -0.734. The molecule has 2 heterocycles. The molecular formula is C10H19Cl2N3O. The highest BCUT2D eigenvalue weighted by atomic mass is 35.5. The predicted molar refractivity (Wildman–Crippen MR) is 68.3 cm³/mol. The van der Waals surface area contributed by atoms with E-state index in [1.165, 1.54) is 0 Å². The molecule has 0 radical (unpaired) electrons. The van der Waals surface area contributed by atoms with Crippen molar-refractivity contribution in [2.45, 2.75) is 24.9 Å². The number of aliphatic hydroxyl groups is 1. The van der Waals surface area contributed by atoms with Gasteiger partial charge in [0.1, 0.15) is 11.4 Å². The second kappa shape index (κ2) is 6.45. The number of aryl methyl sites for hydroxylation is 1. The molecule has 4 nitrogen and oxygen atoms in total. The minimum absolute atomic E-state index is 0. The molecule has 0 saturated carbocycles. The molecule has 1 saturated heterocycles. The third-order valence-corrected chi connectivity index (χ3v) is 2.90. The van der Waals surface area contributed by atoms with Crippen molar-refractivity contribution in [3.05, 3.63) is 18.2 Å². The van der Waals surface area contributed by atoms with Crippen LogP contribution < -0.4 is 5.32 Å². The van der Waals surface area contributed by atoms with Crippen LogP contribution in [0.4, 0.5) is 0 Å². The zero-order chi connectivity index (χ0) is 10.0. The molecule has 1 aromatic heterocycles. The van der Waals surface area contributed by atoms with E-state index in [0.29, 0.717) is 0 Å². The number of nitrogens with zero attached hydrogens (tertiary/aromatic N) is 2. The highest BCUT2D eigenvalue weighted by Gasteiger charge is 2.33.